The van der Waals surface area contributed by atoms with Crippen LogP contribution in [0.5, 0.6) is 0 Å². The molecule has 1 heterocycles. The number of carbonyl (C=O) groups excluding carboxylic acids is 3. The summed E-state index contributed by atoms with van der Waals surface area (Å²) in [4.78, 5) is 36.2. The van der Waals surface area contributed by atoms with E-state index in [0.717, 1.165) is 28.8 Å². The van der Waals surface area contributed by atoms with Gasteiger partial charge in [-0.05, 0) is 64.9 Å². The predicted octanol–water partition coefficient (Wildman–Crippen LogP) is 5.53. The van der Waals surface area contributed by atoms with Gasteiger partial charge >= 0.3 is 12.2 Å². The number of nitrogens with one attached hydrogen (secondary N) is 3. The Labute approximate surface area is 228 Å². The molecule has 0 saturated heterocycles. The lowest BCUT2D eigenvalue weighted by atomic mass is 9.91. The molecule has 2 aliphatic rings. The van der Waals surface area contributed by atoms with Gasteiger partial charge in [0, 0.05) is 23.4 Å². The maximum absolute atomic E-state index is 13.5. The maximum Gasteiger partial charge on any atom is 0.416 e. The monoisotopic (exact) mass is 546 g/mol. The first-order chi connectivity index (χ1) is 19.1. The highest BCUT2D eigenvalue weighted by atomic mass is 19.4. The molecular formula is C30H25F3N4O3. The fourth-order valence-electron chi connectivity index (χ4n) is 4.95. The highest BCUT2D eigenvalue weighted by Crippen LogP contribution is 2.37. The smallest absolute Gasteiger partial charge is 0.369 e. The van der Waals surface area contributed by atoms with Crippen LogP contribution in [0.1, 0.15) is 45.5 Å². The first-order valence-electron chi connectivity index (χ1n) is 12.6. The van der Waals surface area contributed by atoms with Gasteiger partial charge in [-0.1, -0.05) is 48.5 Å². The molecule has 3 aromatic carbocycles. The third-order valence-corrected chi connectivity index (χ3v) is 6.83. The van der Waals surface area contributed by atoms with Gasteiger partial charge in [-0.15, -0.1) is 0 Å². The van der Waals surface area contributed by atoms with Gasteiger partial charge in [-0.2, -0.15) is 13.2 Å². The molecule has 0 atom stereocenters. The van der Waals surface area contributed by atoms with E-state index in [0.29, 0.717) is 47.3 Å². The molecule has 40 heavy (non-hydrogen) atoms. The summed E-state index contributed by atoms with van der Waals surface area (Å²) in [6.07, 6.45) is 0.0943. The minimum atomic E-state index is -4.61. The van der Waals surface area contributed by atoms with Gasteiger partial charge in [0.25, 0.3) is 5.91 Å². The van der Waals surface area contributed by atoms with Crippen LogP contribution in [0.2, 0.25) is 0 Å². The van der Waals surface area contributed by atoms with Crippen LogP contribution in [0, 0.1) is 0 Å². The van der Waals surface area contributed by atoms with Crippen molar-refractivity contribution in [3.8, 4) is 11.1 Å². The quantitative estimate of drug-likeness (QED) is 0.326. The molecule has 1 aliphatic carbocycles. The summed E-state index contributed by atoms with van der Waals surface area (Å²) < 4.78 is 40.4. The number of anilines is 1. The van der Waals surface area contributed by atoms with Crippen LogP contribution in [0.3, 0.4) is 0 Å². The second kappa shape index (κ2) is 10.7. The number of carbonyl (C=O) groups is 3. The van der Waals surface area contributed by atoms with Crippen LogP contribution < -0.4 is 21.7 Å². The van der Waals surface area contributed by atoms with Crippen LogP contribution in [0.25, 0.3) is 16.7 Å². The summed E-state index contributed by atoms with van der Waals surface area (Å²) in [5.74, 6) is -0.640. The molecule has 3 aromatic rings. The van der Waals surface area contributed by atoms with Crippen LogP contribution in [0.4, 0.5) is 23.7 Å². The average molecular weight is 547 g/mol. The molecule has 204 valence electrons. The van der Waals surface area contributed by atoms with Crippen molar-refractivity contribution in [3.63, 3.8) is 0 Å². The van der Waals surface area contributed by atoms with Gasteiger partial charge in [0.2, 0.25) is 5.91 Å². The van der Waals surface area contributed by atoms with E-state index in [-0.39, 0.29) is 18.0 Å². The molecule has 5 rings (SSSR count). The Kier molecular flexibility index (Phi) is 7.17. The lowest BCUT2D eigenvalue weighted by molar-refractivity contribution is -0.137. The van der Waals surface area contributed by atoms with E-state index < -0.39 is 23.7 Å². The Morgan fingerprint density at radius 1 is 0.900 bits per heavy atom. The highest BCUT2D eigenvalue weighted by molar-refractivity contribution is 6.00. The molecule has 4 amide bonds. The van der Waals surface area contributed by atoms with Crippen molar-refractivity contribution in [3.05, 3.63) is 106 Å². The number of benzene rings is 3. The van der Waals surface area contributed by atoms with E-state index in [4.69, 9.17) is 5.73 Å². The standard InChI is InChI=1S/C30H25F3N4O3/c31-30(32,33)20-9-12-23(19-4-1-3-17(13-19)14-27(34)38)26(15-20)37-29(40)36-21-10-7-18(8-11-21)22-5-2-6-24-25(22)16-35-28(24)39/h1-7,9-10,12-13,15H,8,11,14,16H2,(H2,34,38)(H,35,39)(H2,36,37,40). The van der Waals surface area contributed by atoms with Crippen LogP contribution in [-0.4, -0.2) is 17.8 Å². The number of primary amides is 1. The van der Waals surface area contributed by atoms with E-state index in [1.807, 2.05) is 18.2 Å². The number of hydrogen-bond donors (Lipinski definition) is 4. The lowest BCUT2D eigenvalue weighted by Gasteiger charge is -2.19. The van der Waals surface area contributed by atoms with Crippen molar-refractivity contribution in [1.82, 2.24) is 10.6 Å². The number of halogens is 3. The van der Waals surface area contributed by atoms with Crippen molar-refractivity contribution in [2.75, 3.05) is 5.32 Å². The number of alkyl halides is 3. The number of nitrogens with two attached hydrogens (primary N) is 1. The minimum Gasteiger partial charge on any atom is -0.369 e. The van der Waals surface area contributed by atoms with Crippen molar-refractivity contribution in [1.29, 1.82) is 0 Å². The second-order valence-corrected chi connectivity index (χ2v) is 9.58. The van der Waals surface area contributed by atoms with Gasteiger partial charge in [0.05, 0.1) is 17.7 Å². The lowest BCUT2D eigenvalue weighted by Crippen LogP contribution is -2.29. The van der Waals surface area contributed by atoms with Gasteiger partial charge in [-0.25, -0.2) is 4.79 Å². The maximum atomic E-state index is 13.5. The normalized spacial score (nSPS) is 14.5. The Morgan fingerprint density at radius 2 is 1.68 bits per heavy atom. The Morgan fingerprint density at radius 3 is 2.40 bits per heavy atom. The van der Waals surface area contributed by atoms with Crippen molar-refractivity contribution < 1.29 is 27.6 Å². The molecule has 10 heteroatoms. The fourth-order valence-corrected chi connectivity index (χ4v) is 4.95. The van der Waals surface area contributed by atoms with Crippen molar-refractivity contribution >= 4 is 29.1 Å². The van der Waals surface area contributed by atoms with E-state index in [1.54, 1.807) is 36.4 Å². The molecular weight excluding hydrogens is 521 g/mol. The molecule has 5 N–H and O–H groups in total. The third-order valence-electron chi connectivity index (χ3n) is 6.83. The van der Waals surface area contributed by atoms with Gasteiger partial charge in [0.1, 0.15) is 0 Å². The number of rotatable bonds is 6. The van der Waals surface area contributed by atoms with E-state index >= 15 is 0 Å². The Balaban J connectivity index is 1.37. The Hall–Kier alpha value is -4.86. The molecule has 0 saturated carbocycles. The number of allylic oxidation sites excluding steroid dienone is 4. The van der Waals surface area contributed by atoms with Gasteiger partial charge in [-0.3, -0.25) is 9.59 Å². The summed E-state index contributed by atoms with van der Waals surface area (Å²) in [7, 11) is 0. The first kappa shape index (κ1) is 26.7. The second-order valence-electron chi connectivity index (χ2n) is 9.58. The minimum absolute atomic E-state index is 0.0278. The van der Waals surface area contributed by atoms with Crippen molar-refractivity contribution in [2.24, 2.45) is 5.73 Å². The predicted molar refractivity (Wildman–Crippen MR) is 145 cm³/mol. The molecule has 0 spiro atoms. The summed E-state index contributed by atoms with van der Waals surface area (Å²) in [5, 5.41) is 8.12. The fraction of sp³-hybridized carbons (Fsp3) is 0.167. The number of urea groups is 1. The summed E-state index contributed by atoms with van der Waals surface area (Å²) in [5.41, 5.74) is 10.0. The summed E-state index contributed by atoms with van der Waals surface area (Å²) in [6.45, 7) is 0.462. The molecule has 0 bridgehead atoms. The highest BCUT2D eigenvalue weighted by Gasteiger charge is 2.31. The zero-order chi connectivity index (χ0) is 28.4. The summed E-state index contributed by atoms with van der Waals surface area (Å²) in [6, 6.07) is 14.7. The molecule has 0 unspecified atom stereocenters. The number of amides is 4. The molecule has 0 aromatic heterocycles. The Bertz CT molecular complexity index is 1590. The van der Waals surface area contributed by atoms with Crippen molar-refractivity contribution in [2.45, 2.75) is 32.0 Å². The molecule has 1 aliphatic heterocycles. The van der Waals surface area contributed by atoms with Gasteiger partial charge in [0.15, 0.2) is 0 Å². The van der Waals surface area contributed by atoms with E-state index in [2.05, 4.69) is 16.0 Å². The van der Waals surface area contributed by atoms with Gasteiger partial charge < -0.3 is 21.7 Å². The largest absolute Gasteiger partial charge is 0.416 e. The number of fused-ring (bicyclic) bond motifs is 1. The van der Waals surface area contributed by atoms with Crippen LogP contribution >= 0.6 is 0 Å². The topological polar surface area (TPSA) is 113 Å². The van der Waals surface area contributed by atoms with E-state index in [9.17, 15) is 27.6 Å². The first-order valence-corrected chi connectivity index (χ1v) is 12.6. The zero-order valence-electron chi connectivity index (χ0n) is 21.2. The molecule has 7 nitrogen and oxygen atoms in total. The van der Waals surface area contributed by atoms with Crippen LogP contribution in [0.15, 0.2) is 78.5 Å². The average Bonchev–Trinajstić information content (AvgIpc) is 3.29. The molecule has 0 radical (unpaired) electrons. The van der Waals surface area contributed by atoms with E-state index in [1.165, 1.54) is 6.07 Å². The number of hydrogen-bond acceptors (Lipinski definition) is 3. The molecule has 0 fully saturated rings. The SMILES string of the molecule is NC(=O)Cc1cccc(-c2ccc(C(F)(F)F)cc2NC(=O)NC2=CC=C(c3cccc4c3CNC4=O)CC2)c1. The summed E-state index contributed by atoms with van der Waals surface area (Å²) >= 11 is 0. The van der Waals surface area contributed by atoms with Crippen LogP contribution in [-0.2, 0) is 23.9 Å². The third kappa shape index (κ3) is 5.75. The zero-order valence-corrected chi connectivity index (χ0v) is 21.2.